The van der Waals surface area contributed by atoms with E-state index in [1.54, 1.807) is 18.7 Å². The molecule has 1 aromatic carbocycles. The minimum Gasteiger partial charge on any atom is -0.328 e. The largest absolute Gasteiger partial charge is 0.328 e. The zero-order valence-electron chi connectivity index (χ0n) is 16.1. The summed E-state index contributed by atoms with van der Waals surface area (Å²) in [6, 6.07) is 9.02. The number of amides is 2. The van der Waals surface area contributed by atoms with Crippen molar-refractivity contribution in [3.05, 3.63) is 64.2 Å². The first-order chi connectivity index (χ1) is 14.0. The predicted octanol–water partition coefficient (Wildman–Crippen LogP) is 3.17. The van der Waals surface area contributed by atoms with Crippen LogP contribution in [-0.4, -0.2) is 42.8 Å². The van der Waals surface area contributed by atoms with Gasteiger partial charge in [0.2, 0.25) is 0 Å². The predicted molar refractivity (Wildman–Crippen MR) is 109 cm³/mol. The molecule has 0 saturated carbocycles. The van der Waals surface area contributed by atoms with E-state index in [0.29, 0.717) is 39.9 Å². The molecule has 4 rings (SSSR count). The fourth-order valence-corrected chi connectivity index (χ4v) is 4.04. The van der Waals surface area contributed by atoms with E-state index in [2.05, 4.69) is 24.9 Å². The summed E-state index contributed by atoms with van der Waals surface area (Å²) in [4.78, 5) is 36.8. The Labute approximate surface area is 172 Å². The topological polar surface area (TPSA) is 101 Å². The highest BCUT2D eigenvalue weighted by atomic mass is 32.1. The molecule has 148 valence electrons. The van der Waals surface area contributed by atoms with E-state index in [4.69, 9.17) is 0 Å². The Morgan fingerprint density at radius 1 is 1.17 bits per heavy atom. The molecule has 0 aliphatic carbocycles. The lowest BCUT2D eigenvalue weighted by molar-refractivity contribution is 0.0733. The number of nitrogens with zero attached hydrogens (tertiary/aromatic N) is 5. The second kappa shape index (κ2) is 8.04. The Hall–Kier alpha value is -3.20. The van der Waals surface area contributed by atoms with Gasteiger partial charge in [0.1, 0.15) is 4.88 Å². The van der Waals surface area contributed by atoms with E-state index in [0.717, 1.165) is 24.4 Å². The monoisotopic (exact) mass is 408 g/mol. The Morgan fingerprint density at radius 3 is 2.66 bits per heavy atom. The third-order valence-electron chi connectivity index (χ3n) is 4.93. The van der Waals surface area contributed by atoms with Crippen molar-refractivity contribution in [2.75, 3.05) is 11.9 Å². The van der Waals surface area contributed by atoms with Gasteiger partial charge in [-0.05, 0) is 50.4 Å². The van der Waals surface area contributed by atoms with Crippen molar-refractivity contribution < 1.29 is 9.59 Å². The number of benzene rings is 1. The standard InChI is InChI=1S/C20H20N6O2S/c1-12-15(19(27)23-14-7-4-3-5-8-14)11-21-18(22-12)16-9-6-10-26(16)20(28)17-13(2)24-25-29-17/h3-5,7-8,11,16H,6,9-10H2,1-2H3,(H,23,27). The van der Waals surface area contributed by atoms with Crippen LogP contribution in [0.25, 0.3) is 0 Å². The number of hydrogen-bond acceptors (Lipinski definition) is 7. The molecule has 3 heterocycles. The molecule has 3 aromatic rings. The van der Waals surface area contributed by atoms with Crippen LogP contribution in [0.3, 0.4) is 0 Å². The summed E-state index contributed by atoms with van der Waals surface area (Å²) in [5.41, 5.74) is 2.34. The van der Waals surface area contributed by atoms with E-state index in [1.165, 1.54) is 6.20 Å². The molecule has 2 amide bonds. The van der Waals surface area contributed by atoms with Crippen LogP contribution in [0.1, 0.15) is 56.1 Å². The minimum atomic E-state index is -0.258. The molecule has 0 bridgehead atoms. The summed E-state index contributed by atoms with van der Waals surface area (Å²) in [6.07, 6.45) is 3.20. The fraction of sp³-hybridized carbons (Fsp3) is 0.300. The maximum Gasteiger partial charge on any atom is 0.268 e. The molecule has 8 nitrogen and oxygen atoms in total. The Balaban J connectivity index is 1.54. The third-order valence-corrected chi connectivity index (χ3v) is 5.75. The number of nitrogens with one attached hydrogen (secondary N) is 1. The van der Waals surface area contributed by atoms with Gasteiger partial charge >= 0.3 is 0 Å². The number of para-hydroxylation sites is 1. The zero-order valence-corrected chi connectivity index (χ0v) is 16.9. The molecule has 1 atom stereocenters. The number of carbonyl (C=O) groups is 2. The molecule has 2 aromatic heterocycles. The van der Waals surface area contributed by atoms with Gasteiger partial charge in [-0.3, -0.25) is 9.59 Å². The summed E-state index contributed by atoms with van der Waals surface area (Å²) in [5.74, 6) is 0.206. The molecule has 1 aliphatic rings. The van der Waals surface area contributed by atoms with Gasteiger partial charge < -0.3 is 10.2 Å². The Morgan fingerprint density at radius 2 is 1.97 bits per heavy atom. The van der Waals surface area contributed by atoms with Crippen molar-refractivity contribution >= 4 is 29.0 Å². The van der Waals surface area contributed by atoms with Crippen LogP contribution in [0.2, 0.25) is 0 Å². The molecular weight excluding hydrogens is 388 g/mol. The molecule has 9 heteroatoms. The molecule has 1 aliphatic heterocycles. The second-order valence-corrected chi connectivity index (χ2v) is 7.65. The van der Waals surface area contributed by atoms with Gasteiger partial charge in [-0.25, -0.2) is 9.97 Å². The number of hydrogen-bond donors (Lipinski definition) is 1. The molecule has 0 radical (unpaired) electrons. The highest BCUT2D eigenvalue weighted by Crippen LogP contribution is 2.32. The zero-order chi connectivity index (χ0) is 20.4. The average molecular weight is 408 g/mol. The summed E-state index contributed by atoms with van der Waals surface area (Å²) in [7, 11) is 0. The van der Waals surface area contributed by atoms with Crippen molar-refractivity contribution in [3.8, 4) is 0 Å². The molecule has 1 fully saturated rings. The van der Waals surface area contributed by atoms with Crippen LogP contribution in [0.5, 0.6) is 0 Å². The van der Waals surface area contributed by atoms with E-state index in [1.807, 2.05) is 30.3 Å². The van der Waals surface area contributed by atoms with Gasteiger partial charge in [0.15, 0.2) is 5.82 Å². The van der Waals surface area contributed by atoms with Crippen LogP contribution in [0.15, 0.2) is 36.5 Å². The normalized spacial score (nSPS) is 16.1. The number of carbonyl (C=O) groups excluding carboxylic acids is 2. The summed E-state index contributed by atoms with van der Waals surface area (Å²) in [6.45, 7) is 4.20. The maximum atomic E-state index is 12.9. The number of aromatic nitrogens is 4. The van der Waals surface area contributed by atoms with Crippen molar-refractivity contribution in [3.63, 3.8) is 0 Å². The maximum absolute atomic E-state index is 12.9. The van der Waals surface area contributed by atoms with Crippen LogP contribution >= 0.6 is 11.5 Å². The van der Waals surface area contributed by atoms with Crippen LogP contribution in [0, 0.1) is 13.8 Å². The quantitative estimate of drug-likeness (QED) is 0.712. The van der Waals surface area contributed by atoms with E-state index in [-0.39, 0.29) is 17.9 Å². The lowest BCUT2D eigenvalue weighted by Gasteiger charge is -2.23. The minimum absolute atomic E-state index is 0.0906. The number of aryl methyl sites for hydroxylation is 2. The van der Waals surface area contributed by atoms with Crippen LogP contribution in [-0.2, 0) is 0 Å². The Kier molecular flexibility index (Phi) is 5.30. The molecular formula is C20H20N6O2S. The molecule has 29 heavy (non-hydrogen) atoms. The summed E-state index contributed by atoms with van der Waals surface area (Å²) < 4.78 is 3.86. The van der Waals surface area contributed by atoms with Gasteiger partial charge in [0, 0.05) is 18.4 Å². The first kappa shape index (κ1) is 19.1. The van der Waals surface area contributed by atoms with Gasteiger partial charge in [-0.15, -0.1) is 5.10 Å². The highest BCUT2D eigenvalue weighted by molar-refractivity contribution is 7.07. The van der Waals surface area contributed by atoms with E-state index < -0.39 is 0 Å². The highest BCUT2D eigenvalue weighted by Gasteiger charge is 2.34. The fourth-order valence-electron chi connectivity index (χ4n) is 3.42. The lowest BCUT2D eigenvalue weighted by atomic mass is 10.1. The summed E-state index contributed by atoms with van der Waals surface area (Å²) >= 11 is 1.11. The lowest BCUT2D eigenvalue weighted by Crippen LogP contribution is -2.31. The van der Waals surface area contributed by atoms with E-state index in [9.17, 15) is 9.59 Å². The van der Waals surface area contributed by atoms with Crippen LogP contribution in [0.4, 0.5) is 5.69 Å². The second-order valence-electron chi connectivity index (χ2n) is 6.89. The van der Waals surface area contributed by atoms with Gasteiger partial charge in [0.05, 0.1) is 23.0 Å². The molecule has 1 N–H and O–H groups in total. The van der Waals surface area contributed by atoms with Crippen molar-refractivity contribution in [2.24, 2.45) is 0 Å². The molecule has 0 spiro atoms. The first-order valence-electron chi connectivity index (χ1n) is 9.34. The number of likely N-dealkylation sites (tertiary alicyclic amines) is 1. The molecule has 1 saturated heterocycles. The van der Waals surface area contributed by atoms with E-state index >= 15 is 0 Å². The SMILES string of the molecule is Cc1nc(C2CCCN2C(=O)c2snnc2C)ncc1C(=O)Nc1ccccc1. The number of anilines is 1. The van der Waals surface area contributed by atoms with Crippen molar-refractivity contribution in [1.29, 1.82) is 0 Å². The van der Waals surface area contributed by atoms with Crippen molar-refractivity contribution in [2.45, 2.75) is 32.7 Å². The van der Waals surface area contributed by atoms with Gasteiger partial charge in [-0.1, -0.05) is 22.7 Å². The number of rotatable bonds is 4. The average Bonchev–Trinajstić information content (AvgIpc) is 3.37. The van der Waals surface area contributed by atoms with Gasteiger partial charge in [0.25, 0.3) is 11.8 Å². The summed E-state index contributed by atoms with van der Waals surface area (Å²) in [5, 5.41) is 6.78. The first-order valence-corrected chi connectivity index (χ1v) is 10.1. The van der Waals surface area contributed by atoms with Gasteiger partial charge in [-0.2, -0.15) is 0 Å². The Bertz CT molecular complexity index is 1050. The van der Waals surface area contributed by atoms with Crippen molar-refractivity contribution in [1.82, 2.24) is 24.5 Å². The molecule has 1 unspecified atom stereocenters. The third kappa shape index (κ3) is 3.86. The smallest absolute Gasteiger partial charge is 0.268 e. The van der Waals surface area contributed by atoms with Crippen LogP contribution < -0.4 is 5.32 Å².